The van der Waals surface area contributed by atoms with E-state index < -0.39 is 46.1 Å². The number of aryl methyl sites for hydroxylation is 7. The molecule has 8 heterocycles. The summed E-state index contributed by atoms with van der Waals surface area (Å²) in [6, 6.07) is 42.5. The van der Waals surface area contributed by atoms with Crippen molar-refractivity contribution in [2.24, 2.45) is 57.8 Å². The highest BCUT2D eigenvalue weighted by atomic mass is 32.2. The van der Waals surface area contributed by atoms with Crippen molar-refractivity contribution in [3.05, 3.63) is 202 Å². The number of carbonyl (C=O) groups excluding carboxylic acids is 3. The molecule has 3 aromatic carbocycles. The van der Waals surface area contributed by atoms with Crippen molar-refractivity contribution in [1.82, 2.24) is 105 Å². The zero-order valence-electron chi connectivity index (χ0n) is 80.6. The number of methoxy groups -OCH3 is 1. The van der Waals surface area contributed by atoms with E-state index in [9.17, 15) is 62.4 Å². The predicted molar refractivity (Wildman–Crippen MR) is 513 cm³/mol. The molecule has 16 rings (SSSR count). The monoisotopic (exact) mass is 1960 g/mol. The number of carboxylic acids is 4. The topological polar surface area (TPSA) is 525 Å². The molecule has 750 valence electrons. The van der Waals surface area contributed by atoms with Crippen LogP contribution in [0.4, 0.5) is 9.59 Å². The molecule has 1 unspecified atom stereocenters. The van der Waals surface area contributed by atoms with Crippen LogP contribution in [0.15, 0.2) is 140 Å². The van der Waals surface area contributed by atoms with E-state index in [4.69, 9.17) is 38.1 Å². The normalized spacial score (nSPS) is 18.4. The molecule has 0 radical (unpaired) electrons. The van der Waals surface area contributed by atoms with Gasteiger partial charge in [-0.15, -0.1) is 20.4 Å². The van der Waals surface area contributed by atoms with Crippen molar-refractivity contribution < 1.29 is 95.6 Å². The van der Waals surface area contributed by atoms with Crippen molar-refractivity contribution >= 4 is 52.2 Å². The van der Waals surface area contributed by atoms with Crippen LogP contribution < -0.4 is 39.6 Å². The SMILES string of the molecule is COCc1nc(-c2nnn(C)c2CNC(=O)OCc2ccccc2)ccc1O[C@H]1CCC[C@H](C(=O)O)C1.Cc1nc(-c2nnn(C)c2CC(=O)OCC2CCC2)ccc1O[C@H]1CCC[C@H](C(=O)O)C1.Cc1nc(-c2nnn(C)c2CNC(=O)NCc2ccccc2)ccc1O[C@H]1CCC[C@H](C(=O)O)C1.Cc1nc(-c2nnn(C)c2CNS(=O)(=O)N(C)Cc2ccccc2)ccc1OC1CCC[C@H](C(=O)O)C1. The average Bonchev–Trinajstić information content (AvgIpc) is 1.71. The molecule has 5 fully saturated rings. The Kier molecular flexibility index (Phi) is 36.9. The number of nitrogens with one attached hydrogen (secondary N) is 4. The first kappa shape index (κ1) is 104. The Morgan fingerprint density at radius 3 is 1.16 bits per heavy atom. The number of hydrogen-bond donors (Lipinski definition) is 8. The summed E-state index contributed by atoms with van der Waals surface area (Å²) >= 11 is 0. The molecule has 8 atom stereocenters. The van der Waals surface area contributed by atoms with Crippen LogP contribution in [0.3, 0.4) is 0 Å². The van der Waals surface area contributed by atoms with E-state index in [0.717, 1.165) is 86.6 Å². The summed E-state index contributed by atoms with van der Waals surface area (Å²) in [5, 5.41) is 79.0. The smallest absolute Gasteiger partial charge is 0.407 e. The molecule has 0 spiro atoms. The number of urea groups is 1. The fourth-order valence-electron chi connectivity index (χ4n) is 17.3. The van der Waals surface area contributed by atoms with Gasteiger partial charge >= 0.3 is 42.0 Å². The average molecular weight is 1960 g/mol. The number of hydrogen-bond acceptors (Lipinski definition) is 28. The lowest BCUT2D eigenvalue weighted by Crippen LogP contribution is -2.37. The summed E-state index contributed by atoms with van der Waals surface area (Å²) in [7, 11) is 6.27. The number of nitrogens with zero attached hydrogens (tertiary/aromatic N) is 17. The summed E-state index contributed by atoms with van der Waals surface area (Å²) in [6.45, 7) is 7.39. The Labute approximate surface area is 816 Å². The van der Waals surface area contributed by atoms with Crippen molar-refractivity contribution in [2.45, 2.75) is 220 Å². The minimum Gasteiger partial charge on any atom is -0.489 e. The lowest BCUT2D eigenvalue weighted by Gasteiger charge is -2.28. The summed E-state index contributed by atoms with van der Waals surface area (Å²) in [5.74, 6) is -1.97. The number of benzene rings is 3. The number of rotatable bonds is 36. The van der Waals surface area contributed by atoms with Crippen LogP contribution in [0.5, 0.6) is 23.0 Å². The van der Waals surface area contributed by atoms with Crippen LogP contribution in [0.1, 0.15) is 184 Å². The largest absolute Gasteiger partial charge is 0.489 e. The first-order chi connectivity index (χ1) is 67.9. The first-order valence-corrected chi connectivity index (χ1v) is 48.8. The minimum absolute atomic E-state index is 0.0159. The van der Waals surface area contributed by atoms with Crippen molar-refractivity contribution in [3.8, 4) is 68.5 Å². The fraction of sp³-hybridized carbons (Fsp3) is 0.465. The maximum Gasteiger partial charge on any atom is 0.407 e. The molecule has 41 nitrogen and oxygen atoms in total. The molecule has 5 aliphatic rings. The standard InChI is InChI=1S/C26H31N5O6.C25H32N6O5S.C25H30N6O4.C23H30N4O5/c1-31-22(14-27-26(34)36-15-17-7-4-3-5-8-17)24(29-30-31)20-11-12-23(21(28-20)16-35-2)37-19-10-6-9-18(13-19)25(32)33;1-17-23(36-20-11-7-10-19(14-20)25(32)33)13-12-21(27-17)24-22(31(3)29-28-24)15-26-37(34,35)30(2)16-18-8-5-4-6-9-18;1-16-22(35-19-10-6-9-18(13-19)24(32)33)12-11-20(28-16)23-21(31(2)30-29-23)15-27-25(34)26-14-17-7-4-3-5-8-17;1-14-20(32-17-8-4-7-16(11-17)23(29)30)10-9-18(24-14)22-19(27(2)26-25-22)12-21(28)31-13-15-5-3-6-15/h3-5,7-8,11-12,18-19H,6,9-10,13-16H2,1-2H3,(H,27,34)(H,32,33);4-6,8-9,12-13,19-20,26H,7,10-11,14-16H2,1-3H3,(H,32,33);3-5,7-8,11-12,18-19H,6,9-10,13-15H2,1-2H3,(H,32,33)(H2,26,27,34);9-10,15-17H,3-8,11-13H2,1-2H3,(H,29,30)/t18-,19-;19-,20?;18-,19-;16-,17-/m0000/s1. The Morgan fingerprint density at radius 1 is 0.404 bits per heavy atom. The van der Waals surface area contributed by atoms with Gasteiger partial charge in [0.1, 0.15) is 58.1 Å². The number of amides is 3. The van der Waals surface area contributed by atoms with Gasteiger partial charge in [-0.3, -0.25) is 33.3 Å². The molecule has 42 heteroatoms. The lowest BCUT2D eigenvalue weighted by molar-refractivity contribution is -0.145. The maximum absolute atomic E-state index is 12.8. The van der Waals surface area contributed by atoms with Crippen LogP contribution >= 0.6 is 0 Å². The van der Waals surface area contributed by atoms with E-state index in [1.165, 1.54) is 22.5 Å². The van der Waals surface area contributed by atoms with Gasteiger partial charge in [0.05, 0.1) is 150 Å². The Bertz CT molecular complexity index is 6200. The predicted octanol–water partition coefficient (Wildman–Crippen LogP) is 12.4. The second kappa shape index (κ2) is 50.0. The summed E-state index contributed by atoms with van der Waals surface area (Å²) in [4.78, 5) is 101. The molecule has 0 bridgehead atoms. The molecule has 5 saturated carbocycles. The molecule has 3 amide bonds. The van der Waals surface area contributed by atoms with Crippen LogP contribution in [-0.2, 0) is 129 Å². The number of carbonyl (C=O) groups is 7. The van der Waals surface area contributed by atoms with E-state index in [0.29, 0.717) is 179 Å². The number of ether oxygens (including phenoxy) is 7. The third-order valence-corrected chi connectivity index (χ3v) is 27.0. The van der Waals surface area contributed by atoms with E-state index >= 15 is 0 Å². The summed E-state index contributed by atoms with van der Waals surface area (Å²) in [6.07, 6.45) is 13.6. The number of esters is 1. The quantitative estimate of drug-likeness (QED) is 0.0169. The van der Waals surface area contributed by atoms with Gasteiger partial charge in [0.25, 0.3) is 10.2 Å². The Morgan fingerprint density at radius 2 is 0.759 bits per heavy atom. The molecule has 11 aromatic rings. The Balaban J connectivity index is 0.000000158. The zero-order chi connectivity index (χ0) is 100. The van der Waals surface area contributed by atoms with Gasteiger partial charge in [0.2, 0.25) is 0 Å². The highest BCUT2D eigenvalue weighted by Crippen LogP contribution is 2.38. The van der Waals surface area contributed by atoms with E-state index in [1.807, 2.05) is 130 Å². The molecule has 5 aliphatic carbocycles. The van der Waals surface area contributed by atoms with Crippen LogP contribution in [-0.4, -0.2) is 200 Å². The molecule has 0 saturated heterocycles. The van der Waals surface area contributed by atoms with Crippen LogP contribution in [0.25, 0.3) is 45.6 Å². The number of alkyl carbamates (subject to hydrolysis) is 1. The summed E-state index contributed by atoms with van der Waals surface area (Å²) in [5.41, 5.74) is 12.4. The van der Waals surface area contributed by atoms with Gasteiger partial charge < -0.3 is 69.5 Å². The van der Waals surface area contributed by atoms with Gasteiger partial charge in [-0.1, -0.05) is 118 Å². The third-order valence-electron chi connectivity index (χ3n) is 25.6. The maximum atomic E-state index is 12.8. The molecular formula is C99H123N21O20S. The van der Waals surface area contributed by atoms with Gasteiger partial charge in [-0.25, -0.2) is 38.9 Å². The Hall–Kier alpha value is -14.3. The van der Waals surface area contributed by atoms with Gasteiger partial charge in [-0.2, -0.15) is 17.4 Å². The highest BCUT2D eigenvalue weighted by molar-refractivity contribution is 7.87. The second-order valence-electron chi connectivity index (χ2n) is 35.9. The van der Waals surface area contributed by atoms with Crippen molar-refractivity contribution in [1.29, 1.82) is 0 Å². The number of pyridine rings is 4. The van der Waals surface area contributed by atoms with Crippen LogP contribution in [0, 0.1) is 50.4 Å². The van der Waals surface area contributed by atoms with E-state index in [2.05, 4.69) is 76.9 Å². The first-order valence-electron chi connectivity index (χ1n) is 47.3. The number of aromatic nitrogens is 16. The van der Waals surface area contributed by atoms with E-state index in [-0.39, 0.29) is 100.0 Å². The lowest BCUT2D eigenvalue weighted by atomic mass is 9.86. The van der Waals surface area contributed by atoms with Gasteiger partial charge in [0, 0.05) is 55.4 Å². The number of aliphatic carboxylic acids is 4. The van der Waals surface area contributed by atoms with E-state index in [1.54, 1.807) is 79.7 Å². The highest BCUT2D eigenvalue weighted by Gasteiger charge is 2.35. The number of carboxylic acid groups (broad SMARTS) is 4. The van der Waals surface area contributed by atoms with Crippen LogP contribution in [0.2, 0.25) is 0 Å². The van der Waals surface area contributed by atoms with Crippen molar-refractivity contribution in [2.75, 3.05) is 20.8 Å². The summed E-state index contributed by atoms with van der Waals surface area (Å²) < 4.78 is 76.3. The molecule has 8 N–H and O–H groups in total. The fourth-order valence-corrected chi connectivity index (χ4v) is 18.1. The third kappa shape index (κ3) is 29.4. The molecule has 8 aromatic heterocycles. The molecule has 0 aliphatic heterocycles. The zero-order valence-corrected chi connectivity index (χ0v) is 81.4. The minimum atomic E-state index is -3.76. The van der Waals surface area contributed by atoms with Gasteiger partial charge in [-0.05, 0) is 207 Å². The molecule has 141 heavy (non-hydrogen) atoms. The molecular weight excluding hydrogens is 1840 g/mol. The van der Waals surface area contributed by atoms with Gasteiger partial charge in [0.15, 0.2) is 0 Å². The second-order valence-corrected chi connectivity index (χ2v) is 37.7. The van der Waals surface area contributed by atoms with Crippen molar-refractivity contribution in [3.63, 3.8) is 0 Å².